The normalized spacial score (nSPS) is 12.6. The molecule has 0 spiro atoms. The molecule has 1 aliphatic heterocycles. The number of anilines is 2. The summed E-state index contributed by atoms with van der Waals surface area (Å²) in [6, 6.07) is 12.5. The third-order valence-corrected chi connectivity index (χ3v) is 6.17. The number of unbranched alkanes of at least 4 members (excludes halogenated alkanes) is 5. The standard InChI is InChI=1S/C21H24BrNOS/c1-2-3-4-5-6-7-12-23-18-10-8-16(15-24)13-20(18)25-21-14-17(22)9-11-19(21)23/h8-11,13-15H,2-7,12H2,1H3. The van der Waals surface area contributed by atoms with Gasteiger partial charge in [-0.15, -0.1) is 0 Å². The number of carbonyl (C=O) groups is 1. The van der Waals surface area contributed by atoms with Crippen LogP contribution < -0.4 is 4.90 Å². The van der Waals surface area contributed by atoms with Crippen LogP contribution in [-0.2, 0) is 0 Å². The molecule has 0 fully saturated rings. The zero-order valence-corrected chi connectivity index (χ0v) is 17.0. The summed E-state index contributed by atoms with van der Waals surface area (Å²) in [6.45, 7) is 3.28. The number of fused-ring (bicyclic) bond motifs is 2. The van der Waals surface area contributed by atoms with Crippen LogP contribution in [0.1, 0.15) is 55.8 Å². The Kier molecular flexibility index (Phi) is 6.60. The topological polar surface area (TPSA) is 20.3 Å². The van der Waals surface area contributed by atoms with Gasteiger partial charge in [-0.3, -0.25) is 4.79 Å². The highest BCUT2D eigenvalue weighted by molar-refractivity contribution is 9.10. The second kappa shape index (κ2) is 8.91. The van der Waals surface area contributed by atoms with E-state index in [0.717, 1.165) is 22.9 Å². The van der Waals surface area contributed by atoms with E-state index < -0.39 is 0 Å². The van der Waals surface area contributed by atoms with Crippen molar-refractivity contribution in [1.29, 1.82) is 0 Å². The first-order chi connectivity index (χ1) is 12.2. The van der Waals surface area contributed by atoms with Crippen LogP contribution >= 0.6 is 27.7 Å². The fraction of sp³-hybridized carbons (Fsp3) is 0.381. The molecule has 0 aromatic heterocycles. The van der Waals surface area contributed by atoms with Crippen LogP contribution in [0.25, 0.3) is 0 Å². The Morgan fingerprint density at radius 3 is 2.40 bits per heavy atom. The average Bonchev–Trinajstić information content (AvgIpc) is 2.63. The average molecular weight is 418 g/mol. The SMILES string of the molecule is CCCCCCCCN1c2ccc(Br)cc2Sc2cc(C=O)ccc21. The maximum absolute atomic E-state index is 11.1. The van der Waals surface area contributed by atoms with Gasteiger partial charge in [0.15, 0.2) is 0 Å². The predicted octanol–water partition coefficient (Wildman–Crippen LogP) is 7.22. The Morgan fingerprint density at radius 1 is 0.960 bits per heavy atom. The van der Waals surface area contributed by atoms with E-state index in [1.165, 1.54) is 59.7 Å². The lowest BCUT2D eigenvalue weighted by Crippen LogP contribution is -2.22. The van der Waals surface area contributed by atoms with Gasteiger partial charge in [-0.1, -0.05) is 66.7 Å². The van der Waals surface area contributed by atoms with Crippen LogP contribution in [0.2, 0.25) is 0 Å². The molecule has 1 heterocycles. The van der Waals surface area contributed by atoms with Gasteiger partial charge in [0.1, 0.15) is 6.29 Å². The fourth-order valence-corrected chi connectivity index (χ4v) is 4.94. The number of hydrogen-bond acceptors (Lipinski definition) is 3. The van der Waals surface area contributed by atoms with Crippen molar-refractivity contribution >= 4 is 45.4 Å². The molecule has 2 aromatic rings. The maximum atomic E-state index is 11.1. The van der Waals surface area contributed by atoms with Crippen LogP contribution in [0.4, 0.5) is 11.4 Å². The van der Waals surface area contributed by atoms with Gasteiger partial charge in [-0.2, -0.15) is 0 Å². The molecule has 1 aliphatic rings. The van der Waals surface area contributed by atoms with Crippen LogP contribution in [0.5, 0.6) is 0 Å². The first kappa shape index (κ1) is 18.5. The molecule has 0 N–H and O–H groups in total. The highest BCUT2D eigenvalue weighted by atomic mass is 79.9. The number of nitrogens with zero attached hydrogens (tertiary/aromatic N) is 1. The van der Waals surface area contributed by atoms with Crippen molar-refractivity contribution in [2.75, 3.05) is 11.4 Å². The fourth-order valence-electron chi connectivity index (χ4n) is 3.24. The lowest BCUT2D eigenvalue weighted by molar-refractivity contribution is 0.112. The zero-order chi connectivity index (χ0) is 17.6. The van der Waals surface area contributed by atoms with Crippen LogP contribution in [0, 0.1) is 0 Å². The molecule has 25 heavy (non-hydrogen) atoms. The monoisotopic (exact) mass is 417 g/mol. The maximum Gasteiger partial charge on any atom is 0.150 e. The third kappa shape index (κ3) is 4.48. The zero-order valence-electron chi connectivity index (χ0n) is 14.6. The number of aldehydes is 1. The summed E-state index contributed by atoms with van der Waals surface area (Å²) in [5, 5.41) is 0. The van der Waals surface area contributed by atoms with Crippen molar-refractivity contribution in [1.82, 2.24) is 0 Å². The third-order valence-electron chi connectivity index (χ3n) is 4.58. The number of halogens is 1. The summed E-state index contributed by atoms with van der Waals surface area (Å²) in [5.41, 5.74) is 3.23. The van der Waals surface area contributed by atoms with E-state index in [1.807, 2.05) is 12.1 Å². The minimum Gasteiger partial charge on any atom is -0.340 e. The van der Waals surface area contributed by atoms with E-state index in [4.69, 9.17) is 0 Å². The smallest absolute Gasteiger partial charge is 0.150 e. The van der Waals surface area contributed by atoms with Crippen molar-refractivity contribution in [2.24, 2.45) is 0 Å². The molecule has 2 aromatic carbocycles. The molecule has 0 atom stereocenters. The number of hydrogen-bond donors (Lipinski definition) is 0. The van der Waals surface area contributed by atoms with Crippen LogP contribution in [0.15, 0.2) is 50.7 Å². The van der Waals surface area contributed by atoms with Gasteiger partial charge in [-0.25, -0.2) is 0 Å². The molecule has 0 radical (unpaired) electrons. The van der Waals surface area contributed by atoms with E-state index >= 15 is 0 Å². The summed E-state index contributed by atoms with van der Waals surface area (Å²) >= 11 is 5.33. The number of rotatable bonds is 8. The quantitative estimate of drug-likeness (QED) is 0.333. The van der Waals surface area contributed by atoms with E-state index in [2.05, 4.69) is 52.0 Å². The van der Waals surface area contributed by atoms with E-state index in [1.54, 1.807) is 11.8 Å². The number of carbonyl (C=O) groups excluding carboxylic acids is 1. The van der Waals surface area contributed by atoms with Gasteiger partial charge in [0.25, 0.3) is 0 Å². The first-order valence-corrected chi connectivity index (χ1v) is 10.7. The van der Waals surface area contributed by atoms with Gasteiger partial charge in [0, 0.05) is 26.4 Å². The Morgan fingerprint density at radius 2 is 1.64 bits per heavy atom. The van der Waals surface area contributed by atoms with Gasteiger partial charge >= 0.3 is 0 Å². The van der Waals surface area contributed by atoms with Crippen molar-refractivity contribution < 1.29 is 4.79 Å². The summed E-state index contributed by atoms with van der Waals surface area (Å²) in [7, 11) is 0. The molecule has 0 amide bonds. The minimum absolute atomic E-state index is 0.740. The van der Waals surface area contributed by atoms with Crippen molar-refractivity contribution in [3.8, 4) is 0 Å². The molecule has 3 rings (SSSR count). The lowest BCUT2D eigenvalue weighted by atomic mass is 10.1. The van der Waals surface area contributed by atoms with Crippen LogP contribution in [-0.4, -0.2) is 12.8 Å². The molecule has 0 unspecified atom stereocenters. The molecule has 4 heteroatoms. The molecule has 0 saturated carbocycles. The summed E-state index contributed by atoms with van der Waals surface area (Å²) in [4.78, 5) is 16.0. The first-order valence-electron chi connectivity index (χ1n) is 9.07. The van der Waals surface area contributed by atoms with Gasteiger partial charge in [0.05, 0.1) is 11.4 Å². The van der Waals surface area contributed by atoms with Crippen molar-refractivity contribution in [3.05, 3.63) is 46.4 Å². The Balaban J connectivity index is 1.80. The second-order valence-corrected chi connectivity index (χ2v) is 8.48. The highest BCUT2D eigenvalue weighted by Gasteiger charge is 2.23. The summed E-state index contributed by atoms with van der Waals surface area (Å²) in [5.74, 6) is 0. The van der Waals surface area contributed by atoms with Gasteiger partial charge in [0.2, 0.25) is 0 Å². The minimum atomic E-state index is 0.740. The molecule has 0 aliphatic carbocycles. The summed E-state index contributed by atoms with van der Waals surface area (Å²) < 4.78 is 1.09. The van der Waals surface area contributed by atoms with Gasteiger partial charge < -0.3 is 4.90 Å². The molecule has 2 nitrogen and oxygen atoms in total. The Bertz CT molecular complexity index is 747. The van der Waals surface area contributed by atoms with E-state index in [9.17, 15) is 4.79 Å². The molecule has 132 valence electrons. The Labute approximate surface area is 163 Å². The van der Waals surface area contributed by atoms with Gasteiger partial charge in [-0.05, 0) is 42.8 Å². The highest BCUT2D eigenvalue weighted by Crippen LogP contribution is 2.49. The van der Waals surface area contributed by atoms with Crippen LogP contribution in [0.3, 0.4) is 0 Å². The van der Waals surface area contributed by atoms with Crippen molar-refractivity contribution in [2.45, 2.75) is 55.2 Å². The molecule has 0 saturated heterocycles. The molecule has 0 bridgehead atoms. The predicted molar refractivity (Wildman–Crippen MR) is 110 cm³/mol. The Hall–Kier alpha value is -1.26. The summed E-state index contributed by atoms with van der Waals surface area (Å²) in [6.07, 6.45) is 8.69. The lowest BCUT2D eigenvalue weighted by Gasteiger charge is -2.33. The molecular formula is C21H24BrNOS. The van der Waals surface area contributed by atoms with E-state index in [-0.39, 0.29) is 0 Å². The number of benzene rings is 2. The van der Waals surface area contributed by atoms with E-state index in [0.29, 0.717) is 0 Å². The second-order valence-electron chi connectivity index (χ2n) is 6.48. The molecular weight excluding hydrogens is 394 g/mol. The largest absolute Gasteiger partial charge is 0.340 e. The van der Waals surface area contributed by atoms with Crippen molar-refractivity contribution in [3.63, 3.8) is 0 Å².